The van der Waals surface area contributed by atoms with Gasteiger partial charge in [-0.2, -0.15) is 11.8 Å². The Morgan fingerprint density at radius 3 is 3.05 bits per heavy atom. The Bertz CT molecular complexity index is 581. The second-order valence-corrected chi connectivity index (χ2v) is 6.81. The second-order valence-electron chi connectivity index (χ2n) is 5.07. The molecule has 2 aromatic rings. The van der Waals surface area contributed by atoms with Crippen LogP contribution in [0.1, 0.15) is 43.4 Å². The molecule has 0 aromatic carbocycles. The van der Waals surface area contributed by atoms with E-state index in [0.29, 0.717) is 11.3 Å². The zero-order chi connectivity index (χ0) is 13.4. The number of hydrogen-bond donors (Lipinski definition) is 0. The molecule has 102 valence electrons. The lowest BCUT2D eigenvalue weighted by molar-refractivity contribution is 0.516. The normalized spacial score (nSPS) is 25.0. The Balaban J connectivity index is 2.17. The molecule has 0 saturated heterocycles. The zero-order valence-electron chi connectivity index (χ0n) is 11.2. The monoisotopic (exact) mass is 295 g/mol. The molecule has 2 heterocycles. The van der Waals surface area contributed by atoms with Crippen LogP contribution < -0.4 is 0 Å². The number of fused-ring (bicyclic) bond motifs is 1. The van der Waals surface area contributed by atoms with E-state index in [9.17, 15) is 0 Å². The number of aromatic nitrogens is 3. The summed E-state index contributed by atoms with van der Waals surface area (Å²) >= 11 is 8.28. The van der Waals surface area contributed by atoms with Crippen molar-refractivity contribution in [3.63, 3.8) is 0 Å². The van der Waals surface area contributed by atoms with Gasteiger partial charge in [0.05, 0.1) is 5.38 Å². The lowest BCUT2D eigenvalue weighted by Gasteiger charge is -2.22. The first-order chi connectivity index (χ1) is 9.22. The molecule has 0 N–H and O–H groups in total. The molecule has 19 heavy (non-hydrogen) atoms. The van der Waals surface area contributed by atoms with Gasteiger partial charge in [-0.15, -0.1) is 11.6 Å². The third-order valence-electron chi connectivity index (χ3n) is 3.88. The van der Waals surface area contributed by atoms with Gasteiger partial charge in [-0.25, -0.2) is 9.97 Å². The van der Waals surface area contributed by atoms with Gasteiger partial charge in [0, 0.05) is 17.5 Å². The highest BCUT2D eigenvalue weighted by Crippen LogP contribution is 2.40. The van der Waals surface area contributed by atoms with Gasteiger partial charge in [0.1, 0.15) is 11.3 Å². The zero-order valence-corrected chi connectivity index (χ0v) is 12.8. The van der Waals surface area contributed by atoms with E-state index in [1.807, 2.05) is 37.0 Å². The first kappa shape index (κ1) is 13.3. The van der Waals surface area contributed by atoms with Gasteiger partial charge in [-0.05, 0) is 38.2 Å². The summed E-state index contributed by atoms with van der Waals surface area (Å²) in [6, 6.07) is 4.43. The largest absolute Gasteiger partial charge is 0.307 e. The van der Waals surface area contributed by atoms with E-state index in [0.717, 1.165) is 17.0 Å². The minimum atomic E-state index is -0.0858. The highest BCUT2D eigenvalue weighted by atomic mass is 35.5. The van der Waals surface area contributed by atoms with Gasteiger partial charge < -0.3 is 4.57 Å². The van der Waals surface area contributed by atoms with Gasteiger partial charge >= 0.3 is 0 Å². The smallest absolute Gasteiger partial charge is 0.160 e. The molecule has 3 atom stereocenters. The number of imidazole rings is 1. The van der Waals surface area contributed by atoms with Crippen LogP contribution in [0.3, 0.4) is 0 Å². The Morgan fingerprint density at radius 1 is 1.47 bits per heavy atom. The predicted octanol–water partition coefficient (Wildman–Crippen LogP) is 4.19. The van der Waals surface area contributed by atoms with Crippen LogP contribution in [0.25, 0.3) is 11.2 Å². The van der Waals surface area contributed by atoms with Crippen molar-refractivity contribution in [3.05, 3.63) is 24.2 Å². The highest BCUT2D eigenvalue weighted by Gasteiger charge is 2.32. The molecule has 1 saturated carbocycles. The molecule has 0 bridgehead atoms. The van der Waals surface area contributed by atoms with E-state index >= 15 is 0 Å². The fraction of sp³-hybridized carbons (Fsp3) is 0.571. The fourth-order valence-electron chi connectivity index (χ4n) is 3.03. The quantitative estimate of drug-likeness (QED) is 0.796. The Hall–Kier alpha value is -0.740. The van der Waals surface area contributed by atoms with Crippen LogP contribution in [0.5, 0.6) is 0 Å². The molecule has 2 aromatic heterocycles. The molecule has 3 nitrogen and oxygen atoms in total. The summed E-state index contributed by atoms with van der Waals surface area (Å²) in [4.78, 5) is 9.21. The first-order valence-corrected chi connectivity index (χ1v) is 8.44. The lowest BCUT2D eigenvalue weighted by Crippen LogP contribution is -2.18. The van der Waals surface area contributed by atoms with Crippen molar-refractivity contribution in [3.8, 4) is 0 Å². The second kappa shape index (κ2) is 5.33. The number of rotatable bonds is 3. The molecule has 5 heteroatoms. The molecule has 0 radical (unpaired) electrons. The van der Waals surface area contributed by atoms with Gasteiger partial charge in [-0.1, -0.05) is 6.42 Å². The van der Waals surface area contributed by atoms with Gasteiger partial charge in [0.25, 0.3) is 0 Å². The lowest BCUT2D eigenvalue weighted by atomic mass is 10.2. The third-order valence-corrected chi connectivity index (χ3v) is 5.23. The molecule has 0 aliphatic heterocycles. The predicted molar refractivity (Wildman–Crippen MR) is 82.0 cm³/mol. The molecule has 1 aliphatic carbocycles. The Morgan fingerprint density at radius 2 is 2.32 bits per heavy atom. The molecule has 1 aliphatic rings. The fourth-order valence-corrected chi connectivity index (χ4v) is 4.16. The summed E-state index contributed by atoms with van der Waals surface area (Å²) in [5, 5.41) is 0.561. The van der Waals surface area contributed by atoms with E-state index < -0.39 is 0 Å². The van der Waals surface area contributed by atoms with Crippen LogP contribution in [0.15, 0.2) is 18.3 Å². The van der Waals surface area contributed by atoms with Gasteiger partial charge in [0.15, 0.2) is 5.65 Å². The summed E-state index contributed by atoms with van der Waals surface area (Å²) in [6.45, 7) is 1.99. The third kappa shape index (κ3) is 2.25. The van der Waals surface area contributed by atoms with Crippen molar-refractivity contribution in [1.29, 1.82) is 0 Å². The van der Waals surface area contributed by atoms with Crippen molar-refractivity contribution in [2.24, 2.45) is 0 Å². The first-order valence-electron chi connectivity index (χ1n) is 6.72. The molecule has 3 rings (SSSR count). The van der Waals surface area contributed by atoms with E-state index in [-0.39, 0.29) is 5.38 Å². The van der Waals surface area contributed by atoms with E-state index in [1.54, 1.807) is 0 Å². The van der Waals surface area contributed by atoms with Crippen LogP contribution in [-0.4, -0.2) is 26.0 Å². The number of alkyl halides is 1. The molecular weight excluding hydrogens is 278 g/mol. The Labute approximate surface area is 122 Å². The summed E-state index contributed by atoms with van der Waals surface area (Å²) < 4.78 is 2.29. The van der Waals surface area contributed by atoms with E-state index in [1.165, 1.54) is 19.3 Å². The topological polar surface area (TPSA) is 30.7 Å². The van der Waals surface area contributed by atoms with Crippen LogP contribution in [0.4, 0.5) is 0 Å². The SMILES string of the molecule is CSC1CCCC1n1c(C(C)Cl)nc2cccnc21. The standard InChI is InChI=1S/C14H18ClN3S/c1-9(15)13-17-10-5-4-8-16-14(10)18(13)11-6-3-7-12(11)19-2/h4-5,8-9,11-12H,3,6-7H2,1-2H3. The average Bonchev–Trinajstić information content (AvgIpc) is 3.01. The minimum absolute atomic E-state index is 0.0858. The molecule has 3 unspecified atom stereocenters. The van der Waals surface area contributed by atoms with Crippen molar-refractivity contribution in [2.75, 3.05) is 6.26 Å². The van der Waals surface area contributed by atoms with Gasteiger partial charge in [0.2, 0.25) is 0 Å². The number of hydrogen-bond acceptors (Lipinski definition) is 3. The van der Waals surface area contributed by atoms with E-state index in [4.69, 9.17) is 11.6 Å². The molecule has 1 fully saturated rings. The maximum absolute atomic E-state index is 6.33. The van der Waals surface area contributed by atoms with Crippen molar-refractivity contribution in [1.82, 2.24) is 14.5 Å². The summed E-state index contributed by atoms with van der Waals surface area (Å²) in [6.07, 6.45) is 7.78. The van der Waals surface area contributed by atoms with E-state index in [2.05, 4.69) is 20.8 Å². The summed E-state index contributed by atoms with van der Waals surface area (Å²) in [5.41, 5.74) is 1.94. The average molecular weight is 296 g/mol. The maximum atomic E-state index is 6.33. The summed E-state index contributed by atoms with van der Waals surface area (Å²) in [7, 11) is 0. The minimum Gasteiger partial charge on any atom is -0.307 e. The molecule has 0 amide bonds. The number of thioether (sulfide) groups is 1. The van der Waals surface area contributed by atoms with Gasteiger partial charge in [-0.3, -0.25) is 0 Å². The highest BCUT2D eigenvalue weighted by molar-refractivity contribution is 7.99. The van der Waals surface area contributed by atoms with Crippen LogP contribution >= 0.6 is 23.4 Å². The van der Waals surface area contributed by atoms with Crippen molar-refractivity contribution >= 4 is 34.5 Å². The maximum Gasteiger partial charge on any atom is 0.160 e. The van der Waals surface area contributed by atoms with Crippen molar-refractivity contribution in [2.45, 2.75) is 42.9 Å². The number of halogens is 1. The van der Waals surface area contributed by atoms with Crippen LogP contribution in [-0.2, 0) is 0 Å². The Kier molecular flexibility index (Phi) is 3.72. The summed E-state index contributed by atoms with van der Waals surface area (Å²) in [5.74, 6) is 0.960. The van der Waals surface area contributed by atoms with Crippen molar-refractivity contribution < 1.29 is 0 Å². The van der Waals surface area contributed by atoms with Crippen LogP contribution in [0.2, 0.25) is 0 Å². The number of pyridine rings is 1. The molecule has 0 spiro atoms. The molecular formula is C14H18ClN3S. The number of nitrogens with zero attached hydrogens (tertiary/aromatic N) is 3. The van der Waals surface area contributed by atoms with Crippen LogP contribution in [0, 0.1) is 0 Å².